The predicted molar refractivity (Wildman–Crippen MR) is 65.6 cm³/mol. The highest BCUT2D eigenvalue weighted by Gasteiger charge is 2.44. The van der Waals surface area contributed by atoms with E-state index < -0.39 is 29.7 Å². The average molecular weight is 274 g/mol. The molecule has 1 saturated heterocycles. The molecule has 1 aromatic rings. The van der Waals surface area contributed by atoms with Crippen molar-refractivity contribution in [3.8, 4) is 0 Å². The summed E-state index contributed by atoms with van der Waals surface area (Å²) in [5, 5.41) is 18.6. The van der Waals surface area contributed by atoms with E-state index in [1.807, 2.05) is 0 Å². The van der Waals surface area contributed by atoms with Crippen LogP contribution in [0.2, 0.25) is 0 Å². The number of aliphatic hydroxyl groups excluding tert-OH is 2. The van der Waals surface area contributed by atoms with E-state index in [0.717, 1.165) is 0 Å². The molecule has 0 aliphatic carbocycles. The second-order valence-corrected chi connectivity index (χ2v) is 4.97. The molecule has 100 valence electrons. The number of H-pyrrole nitrogens is 1. The second-order valence-electron chi connectivity index (χ2n) is 3.96. The first kappa shape index (κ1) is 13.3. The zero-order valence-corrected chi connectivity index (χ0v) is 10.5. The van der Waals surface area contributed by atoms with Crippen LogP contribution in [0.1, 0.15) is 6.23 Å². The molecule has 0 aromatic carbocycles. The molecule has 8 heteroatoms. The Morgan fingerprint density at radius 2 is 2.28 bits per heavy atom. The number of aromatic nitrogens is 2. The molecule has 0 unspecified atom stereocenters. The van der Waals surface area contributed by atoms with Crippen molar-refractivity contribution in [1.82, 2.24) is 9.55 Å². The number of thioether (sulfide) groups is 1. The van der Waals surface area contributed by atoms with Gasteiger partial charge in [0.25, 0.3) is 5.56 Å². The number of aliphatic hydroxyl groups is 2. The number of hydrogen-bond donors (Lipinski definition) is 3. The summed E-state index contributed by atoms with van der Waals surface area (Å²) < 4.78 is 6.66. The van der Waals surface area contributed by atoms with E-state index in [1.165, 1.54) is 28.6 Å². The van der Waals surface area contributed by atoms with Crippen LogP contribution in [-0.2, 0) is 4.74 Å². The lowest BCUT2D eigenvalue weighted by Gasteiger charge is -2.19. The van der Waals surface area contributed by atoms with Gasteiger partial charge in [0.15, 0.2) is 6.23 Å². The lowest BCUT2D eigenvalue weighted by molar-refractivity contribution is -0.0457. The number of rotatable bonds is 3. The van der Waals surface area contributed by atoms with Gasteiger partial charge >= 0.3 is 5.69 Å². The van der Waals surface area contributed by atoms with Crippen molar-refractivity contribution < 1.29 is 14.9 Å². The van der Waals surface area contributed by atoms with Gasteiger partial charge in [-0.3, -0.25) is 14.3 Å². The quantitative estimate of drug-likeness (QED) is 0.621. The van der Waals surface area contributed by atoms with Crippen LogP contribution >= 0.6 is 11.8 Å². The van der Waals surface area contributed by atoms with Crippen molar-refractivity contribution in [1.29, 1.82) is 0 Å². The Hall–Kier alpha value is -1.09. The fraction of sp³-hybridized carbons (Fsp3) is 0.600. The van der Waals surface area contributed by atoms with Crippen LogP contribution in [0.4, 0.5) is 0 Å². The smallest absolute Gasteiger partial charge is 0.330 e. The molecule has 1 aliphatic heterocycles. The predicted octanol–water partition coefficient (Wildman–Crippen LogP) is -1.48. The van der Waals surface area contributed by atoms with Gasteiger partial charge in [-0.15, -0.1) is 0 Å². The van der Waals surface area contributed by atoms with Crippen LogP contribution in [0.3, 0.4) is 0 Å². The highest BCUT2D eigenvalue weighted by Crippen LogP contribution is 2.35. The summed E-state index contributed by atoms with van der Waals surface area (Å²) in [5.41, 5.74) is -1.09. The molecule has 1 fully saturated rings. The maximum Gasteiger partial charge on any atom is 0.330 e. The Morgan fingerprint density at radius 1 is 1.56 bits per heavy atom. The molecule has 18 heavy (non-hydrogen) atoms. The molecule has 2 rings (SSSR count). The van der Waals surface area contributed by atoms with Crippen molar-refractivity contribution in [2.75, 3.05) is 12.9 Å². The summed E-state index contributed by atoms with van der Waals surface area (Å²) in [6, 6.07) is 1.21. The largest absolute Gasteiger partial charge is 0.394 e. The van der Waals surface area contributed by atoms with Gasteiger partial charge in [0.2, 0.25) is 0 Å². The van der Waals surface area contributed by atoms with Crippen LogP contribution in [0.15, 0.2) is 21.9 Å². The fourth-order valence-corrected chi connectivity index (χ4v) is 2.86. The van der Waals surface area contributed by atoms with Gasteiger partial charge in [-0.05, 0) is 6.26 Å². The van der Waals surface area contributed by atoms with Crippen molar-refractivity contribution in [2.24, 2.45) is 0 Å². The van der Waals surface area contributed by atoms with E-state index in [9.17, 15) is 14.7 Å². The van der Waals surface area contributed by atoms with E-state index in [-0.39, 0.29) is 11.9 Å². The fourth-order valence-electron chi connectivity index (χ4n) is 1.98. The van der Waals surface area contributed by atoms with Gasteiger partial charge in [-0.2, -0.15) is 11.8 Å². The van der Waals surface area contributed by atoms with Gasteiger partial charge in [0, 0.05) is 12.3 Å². The highest BCUT2D eigenvalue weighted by molar-refractivity contribution is 7.99. The molecule has 4 atom stereocenters. The molecule has 0 saturated carbocycles. The normalized spacial score (nSPS) is 31.7. The number of nitrogens with zero attached hydrogens (tertiary/aromatic N) is 1. The average Bonchev–Trinajstić information content (AvgIpc) is 2.65. The van der Waals surface area contributed by atoms with E-state index in [4.69, 9.17) is 9.84 Å². The first-order valence-corrected chi connectivity index (χ1v) is 6.66. The molecule has 0 spiro atoms. The minimum absolute atomic E-state index is 0.327. The van der Waals surface area contributed by atoms with Crippen molar-refractivity contribution in [3.63, 3.8) is 0 Å². The Bertz CT molecular complexity index is 527. The molecule has 2 heterocycles. The standard InChI is InChI=1S/C10H14N2O5S/c1-18-8-7(15)5(4-13)17-9(8)12-3-2-6(14)11-10(12)16/h2-3,5,7-9,13,15H,4H2,1H3,(H,11,14,16)/t5-,7-,8-,9-/m1/s1. The first-order chi connectivity index (χ1) is 8.58. The van der Waals surface area contributed by atoms with Gasteiger partial charge in [0.05, 0.1) is 18.0 Å². The third-order valence-electron chi connectivity index (χ3n) is 2.89. The molecule has 1 aliphatic rings. The summed E-state index contributed by atoms with van der Waals surface area (Å²) in [6.07, 6.45) is 0.791. The number of aromatic amines is 1. The minimum atomic E-state index is -0.867. The van der Waals surface area contributed by atoms with Crippen LogP contribution in [0, 0.1) is 0 Å². The molecule has 1 aromatic heterocycles. The van der Waals surface area contributed by atoms with Gasteiger partial charge in [-0.1, -0.05) is 0 Å². The summed E-state index contributed by atoms with van der Waals surface area (Å²) in [5.74, 6) is 0. The molecule has 0 bridgehead atoms. The lowest BCUT2D eigenvalue weighted by atomic mass is 10.2. The van der Waals surface area contributed by atoms with Crippen LogP contribution in [-0.4, -0.2) is 50.1 Å². The molecule has 0 radical (unpaired) electrons. The van der Waals surface area contributed by atoms with E-state index in [0.29, 0.717) is 0 Å². The third kappa shape index (κ3) is 2.24. The zero-order chi connectivity index (χ0) is 13.3. The minimum Gasteiger partial charge on any atom is -0.394 e. The van der Waals surface area contributed by atoms with E-state index >= 15 is 0 Å². The monoisotopic (exact) mass is 274 g/mol. The van der Waals surface area contributed by atoms with E-state index in [1.54, 1.807) is 6.26 Å². The van der Waals surface area contributed by atoms with Crippen molar-refractivity contribution >= 4 is 11.8 Å². The Balaban J connectivity index is 2.38. The summed E-state index contributed by atoms with van der Waals surface area (Å²) in [4.78, 5) is 24.8. The highest BCUT2D eigenvalue weighted by atomic mass is 32.2. The van der Waals surface area contributed by atoms with Gasteiger partial charge in [-0.25, -0.2) is 4.79 Å². The maximum atomic E-state index is 11.7. The molecular formula is C10H14N2O5S. The van der Waals surface area contributed by atoms with Crippen LogP contribution in [0.25, 0.3) is 0 Å². The van der Waals surface area contributed by atoms with Crippen molar-refractivity contribution in [3.05, 3.63) is 33.1 Å². The number of hydrogen-bond acceptors (Lipinski definition) is 6. The van der Waals surface area contributed by atoms with Crippen LogP contribution in [0.5, 0.6) is 0 Å². The summed E-state index contributed by atoms with van der Waals surface area (Å²) in [6.45, 7) is -0.327. The number of ether oxygens (including phenoxy) is 1. The van der Waals surface area contributed by atoms with Crippen LogP contribution < -0.4 is 11.2 Å². The molecular weight excluding hydrogens is 260 g/mol. The first-order valence-electron chi connectivity index (χ1n) is 5.37. The number of nitrogens with one attached hydrogen (secondary N) is 1. The zero-order valence-electron chi connectivity index (χ0n) is 9.65. The molecule has 7 nitrogen and oxygen atoms in total. The van der Waals surface area contributed by atoms with E-state index in [2.05, 4.69) is 4.98 Å². The Labute approximate surface area is 106 Å². The topological polar surface area (TPSA) is 105 Å². The second kappa shape index (κ2) is 5.27. The maximum absolute atomic E-state index is 11.7. The van der Waals surface area contributed by atoms with Gasteiger partial charge < -0.3 is 14.9 Å². The lowest BCUT2D eigenvalue weighted by Crippen LogP contribution is -2.36. The Kier molecular flexibility index (Phi) is 3.91. The summed E-state index contributed by atoms with van der Waals surface area (Å²) >= 11 is 1.34. The third-order valence-corrected chi connectivity index (χ3v) is 3.95. The SMILES string of the molecule is CS[C@@H]1[C@H](O)[C@@H](CO)O[C@H]1n1ccc(=O)[nH]c1=O. The molecule has 0 amide bonds. The summed E-state index contributed by atoms with van der Waals surface area (Å²) in [7, 11) is 0. The van der Waals surface area contributed by atoms with Gasteiger partial charge in [0.1, 0.15) is 6.10 Å². The molecule has 3 N–H and O–H groups in total. The van der Waals surface area contributed by atoms with Crippen molar-refractivity contribution in [2.45, 2.75) is 23.7 Å². The Morgan fingerprint density at radius 3 is 2.83 bits per heavy atom.